The molecule has 1 aromatic carbocycles. The Hall–Kier alpha value is -1.91. The topological polar surface area (TPSA) is 51.2 Å². The minimum atomic E-state index is -0.241. The molecule has 0 unspecified atom stereocenters. The largest absolute Gasteiger partial charge is 0.367 e. The second-order valence-corrected chi connectivity index (χ2v) is 4.76. The van der Waals surface area contributed by atoms with Crippen molar-refractivity contribution in [3.8, 4) is 0 Å². The van der Waals surface area contributed by atoms with Gasteiger partial charge in [-0.3, -0.25) is 4.79 Å². The number of hydrogen-bond donors (Lipinski definition) is 1. The fraction of sp³-hybridized carbons (Fsp3) is 0.200. The van der Waals surface area contributed by atoms with Gasteiger partial charge in [-0.1, -0.05) is 29.8 Å². The van der Waals surface area contributed by atoms with Crippen molar-refractivity contribution < 1.29 is 9.53 Å². The van der Waals surface area contributed by atoms with Crippen molar-refractivity contribution in [3.05, 3.63) is 58.7 Å². The first kappa shape index (κ1) is 14.5. The molecule has 2 aromatic rings. The summed E-state index contributed by atoms with van der Waals surface area (Å²) in [6.07, 6.45) is 1.65. The highest BCUT2D eigenvalue weighted by Gasteiger charge is 2.05. The molecule has 1 aromatic heterocycles. The molecule has 1 heterocycles. The predicted molar refractivity (Wildman–Crippen MR) is 78.7 cm³/mol. The Bertz CT molecular complexity index is 602. The van der Waals surface area contributed by atoms with Crippen molar-refractivity contribution in [3.63, 3.8) is 0 Å². The van der Waals surface area contributed by atoms with E-state index in [-0.39, 0.29) is 12.5 Å². The highest BCUT2D eigenvalue weighted by atomic mass is 35.5. The molecule has 0 fully saturated rings. The third-order valence-corrected chi connectivity index (χ3v) is 3.00. The first-order valence-corrected chi connectivity index (χ1v) is 6.56. The molecule has 5 heteroatoms. The number of pyridine rings is 1. The number of halogens is 1. The first-order chi connectivity index (χ1) is 9.65. The summed E-state index contributed by atoms with van der Waals surface area (Å²) < 4.78 is 5.34. The number of ether oxygens (including phenoxy) is 1. The predicted octanol–water partition coefficient (Wildman–Crippen LogP) is 3.20. The Balaban J connectivity index is 1.80. The van der Waals surface area contributed by atoms with E-state index in [1.165, 1.54) is 0 Å². The van der Waals surface area contributed by atoms with Gasteiger partial charge in [-0.25, -0.2) is 4.98 Å². The van der Waals surface area contributed by atoms with Crippen LogP contribution in [0, 0.1) is 6.92 Å². The van der Waals surface area contributed by atoms with Gasteiger partial charge in [0, 0.05) is 11.2 Å². The Morgan fingerprint density at radius 3 is 2.90 bits per heavy atom. The Morgan fingerprint density at radius 1 is 1.35 bits per heavy atom. The van der Waals surface area contributed by atoms with Crippen molar-refractivity contribution in [1.82, 2.24) is 4.98 Å². The molecule has 0 radical (unpaired) electrons. The van der Waals surface area contributed by atoms with E-state index in [1.807, 2.05) is 31.2 Å². The third-order valence-electron chi connectivity index (χ3n) is 2.63. The maximum absolute atomic E-state index is 11.7. The molecular formula is C15H15ClN2O2. The lowest BCUT2D eigenvalue weighted by Gasteiger charge is -2.07. The third kappa shape index (κ3) is 4.33. The molecule has 0 aliphatic rings. The number of nitrogens with zero attached hydrogens (tertiary/aromatic N) is 1. The molecule has 0 saturated heterocycles. The quantitative estimate of drug-likeness (QED) is 0.920. The highest BCUT2D eigenvalue weighted by Crippen LogP contribution is 2.15. The van der Waals surface area contributed by atoms with Crippen LogP contribution in [0.3, 0.4) is 0 Å². The summed E-state index contributed by atoms with van der Waals surface area (Å²) in [4.78, 5) is 15.7. The minimum Gasteiger partial charge on any atom is -0.367 e. The Morgan fingerprint density at radius 2 is 2.15 bits per heavy atom. The van der Waals surface area contributed by atoms with E-state index in [1.54, 1.807) is 18.3 Å². The van der Waals surface area contributed by atoms with Gasteiger partial charge in [0.1, 0.15) is 12.4 Å². The molecule has 2 rings (SSSR count). The van der Waals surface area contributed by atoms with Crippen molar-refractivity contribution in [2.75, 3.05) is 11.9 Å². The summed E-state index contributed by atoms with van der Waals surface area (Å²) in [5.74, 6) is 0.284. The van der Waals surface area contributed by atoms with Gasteiger partial charge in [0.2, 0.25) is 0 Å². The van der Waals surface area contributed by atoms with Crippen LogP contribution in [0.1, 0.15) is 11.1 Å². The summed E-state index contributed by atoms with van der Waals surface area (Å²) in [7, 11) is 0. The maximum atomic E-state index is 11.7. The molecule has 1 amide bonds. The number of carbonyl (C=O) groups is 1. The van der Waals surface area contributed by atoms with Gasteiger partial charge in [-0.2, -0.15) is 0 Å². The zero-order valence-corrected chi connectivity index (χ0v) is 11.9. The zero-order valence-electron chi connectivity index (χ0n) is 11.1. The monoisotopic (exact) mass is 290 g/mol. The van der Waals surface area contributed by atoms with E-state index in [0.717, 1.165) is 11.1 Å². The van der Waals surface area contributed by atoms with Gasteiger partial charge in [0.15, 0.2) is 0 Å². The molecule has 0 atom stereocenters. The van der Waals surface area contributed by atoms with Gasteiger partial charge in [-0.05, 0) is 36.2 Å². The zero-order chi connectivity index (χ0) is 14.4. The molecule has 0 aliphatic heterocycles. The van der Waals surface area contributed by atoms with Crippen LogP contribution in [0.25, 0.3) is 0 Å². The highest BCUT2D eigenvalue weighted by molar-refractivity contribution is 6.31. The molecule has 0 bridgehead atoms. The maximum Gasteiger partial charge on any atom is 0.251 e. The summed E-state index contributed by atoms with van der Waals surface area (Å²) >= 11 is 6.00. The van der Waals surface area contributed by atoms with Crippen molar-refractivity contribution in [2.45, 2.75) is 13.5 Å². The van der Waals surface area contributed by atoms with Crippen LogP contribution in [0.2, 0.25) is 5.02 Å². The molecule has 20 heavy (non-hydrogen) atoms. The average Bonchev–Trinajstić information content (AvgIpc) is 2.41. The second kappa shape index (κ2) is 7.03. The van der Waals surface area contributed by atoms with Gasteiger partial charge >= 0.3 is 0 Å². The normalized spacial score (nSPS) is 10.3. The number of aromatic nitrogens is 1. The van der Waals surface area contributed by atoms with Gasteiger partial charge in [0.25, 0.3) is 5.91 Å². The van der Waals surface area contributed by atoms with Crippen molar-refractivity contribution in [1.29, 1.82) is 0 Å². The minimum absolute atomic E-state index is 0.0408. The second-order valence-electron chi connectivity index (χ2n) is 4.35. The van der Waals surface area contributed by atoms with Crippen LogP contribution >= 0.6 is 11.6 Å². The smallest absolute Gasteiger partial charge is 0.251 e. The molecule has 0 spiro atoms. The summed E-state index contributed by atoms with van der Waals surface area (Å²) in [5.41, 5.74) is 1.89. The Kier molecular flexibility index (Phi) is 5.09. The van der Waals surface area contributed by atoms with E-state index in [2.05, 4.69) is 10.3 Å². The number of hydrogen-bond acceptors (Lipinski definition) is 3. The number of nitrogens with one attached hydrogen (secondary N) is 1. The average molecular weight is 291 g/mol. The van der Waals surface area contributed by atoms with Crippen molar-refractivity contribution in [2.24, 2.45) is 0 Å². The summed E-state index contributed by atoms with van der Waals surface area (Å²) in [6, 6.07) is 11.0. The fourth-order valence-corrected chi connectivity index (χ4v) is 1.84. The van der Waals surface area contributed by atoms with Gasteiger partial charge < -0.3 is 10.1 Å². The number of aryl methyl sites for hydroxylation is 1. The molecule has 0 aliphatic carbocycles. The molecule has 0 saturated carbocycles. The first-order valence-electron chi connectivity index (χ1n) is 6.19. The fourth-order valence-electron chi connectivity index (χ4n) is 1.65. The van der Waals surface area contributed by atoms with Crippen LogP contribution in [-0.2, 0) is 16.1 Å². The van der Waals surface area contributed by atoms with E-state index < -0.39 is 0 Å². The standard InChI is InChI=1S/C15H15ClN2O2/c1-11-6-7-17-14(8-11)18-15(19)10-20-9-12-4-2-3-5-13(12)16/h2-8H,9-10H2,1H3,(H,17,18,19). The van der Waals surface area contributed by atoms with Crippen LogP contribution < -0.4 is 5.32 Å². The van der Waals surface area contributed by atoms with Crippen molar-refractivity contribution >= 4 is 23.3 Å². The summed E-state index contributed by atoms with van der Waals surface area (Å²) in [6.45, 7) is 2.19. The van der Waals surface area contributed by atoms with E-state index >= 15 is 0 Å². The van der Waals surface area contributed by atoms with Crippen LogP contribution in [0.15, 0.2) is 42.6 Å². The SMILES string of the molecule is Cc1ccnc(NC(=O)COCc2ccccc2Cl)c1. The van der Waals surface area contributed by atoms with Gasteiger partial charge in [0.05, 0.1) is 6.61 Å². The lowest BCUT2D eigenvalue weighted by Crippen LogP contribution is -2.19. The number of rotatable bonds is 5. The summed E-state index contributed by atoms with van der Waals surface area (Å²) in [5, 5.41) is 3.31. The van der Waals surface area contributed by atoms with Crippen LogP contribution in [-0.4, -0.2) is 17.5 Å². The molecule has 104 valence electrons. The molecule has 4 nitrogen and oxygen atoms in total. The van der Waals surface area contributed by atoms with E-state index in [9.17, 15) is 4.79 Å². The lowest BCUT2D eigenvalue weighted by molar-refractivity contribution is -0.121. The van der Waals surface area contributed by atoms with Crippen LogP contribution in [0.4, 0.5) is 5.82 Å². The number of amides is 1. The molecular weight excluding hydrogens is 276 g/mol. The Labute approximate surface area is 122 Å². The van der Waals surface area contributed by atoms with E-state index in [4.69, 9.17) is 16.3 Å². The van der Waals surface area contributed by atoms with Gasteiger partial charge in [-0.15, -0.1) is 0 Å². The number of anilines is 1. The van der Waals surface area contributed by atoms with E-state index in [0.29, 0.717) is 17.4 Å². The van der Waals surface area contributed by atoms with Crippen LogP contribution in [0.5, 0.6) is 0 Å². The number of benzene rings is 1. The lowest BCUT2D eigenvalue weighted by atomic mass is 10.2. The number of carbonyl (C=O) groups excluding carboxylic acids is 1. The molecule has 1 N–H and O–H groups in total.